The molecular formula is C13H8ClF3N4O5S. The summed E-state index contributed by atoms with van der Waals surface area (Å²) in [4.78, 5) is 29.5. The van der Waals surface area contributed by atoms with Crippen LogP contribution in [0.1, 0.15) is 15.9 Å². The number of pyridine rings is 2. The van der Waals surface area contributed by atoms with Crippen LogP contribution >= 0.6 is 11.6 Å². The Morgan fingerprint density at radius 3 is 2.48 bits per heavy atom. The Hall–Kier alpha value is -2.93. The molecule has 27 heavy (non-hydrogen) atoms. The van der Waals surface area contributed by atoms with Crippen LogP contribution in [0, 0.1) is 0 Å². The Balaban J connectivity index is 2.32. The fourth-order valence-corrected chi connectivity index (χ4v) is 2.69. The fourth-order valence-electron chi connectivity index (χ4n) is 1.74. The van der Waals surface area contributed by atoms with Crippen molar-refractivity contribution < 1.29 is 35.4 Å². The summed E-state index contributed by atoms with van der Waals surface area (Å²) in [5.74, 6) is -1.09. The van der Waals surface area contributed by atoms with Crippen LogP contribution in [-0.4, -0.2) is 30.4 Å². The van der Waals surface area contributed by atoms with Crippen LogP contribution in [0.2, 0.25) is 5.15 Å². The Labute approximate surface area is 154 Å². The second-order valence-electron chi connectivity index (χ2n) is 4.75. The molecule has 2 aromatic heterocycles. The Morgan fingerprint density at radius 2 is 1.89 bits per heavy atom. The van der Waals surface area contributed by atoms with Gasteiger partial charge in [-0.15, -0.1) is 0 Å². The zero-order valence-electron chi connectivity index (χ0n) is 12.8. The van der Waals surface area contributed by atoms with Gasteiger partial charge in [0.2, 0.25) is 0 Å². The van der Waals surface area contributed by atoms with Gasteiger partial charge in [0.25, 0.3) is 5.91 Å². The number of nitrogens with zero attached hydrogens (tertiary/aromatic N) is 2. The van der Waals surface area contributed by atoms with Crippen molar-refractivity contribution in [3.8, 4) is 0 Å². The van der Waals surface area contributed by atoms with E-state index in [1.54, 1.807) is 0 Å². The number of carbonyl (C=O) groups excluding carboxylic acids is 2. The van der Waals surface area contributed by atoms with Crippen molar-refractivity contribution in [2.75, 3.05) is 5.32 Å². The van der Waals surface area contributed by atoms with E-state index in [9.17, 15) is 31.2 Å². The quantitative estimate of drug-likeness (QED) is 0.565. The second kappa shape index (κ2) is 7.36. The molecule has 0 aliphatic rings. The van der Waals surface area contributed by atoms with Crippen LogP contribution in [0.4, 0.5) is 23.7 Å². The van der Waals surface area contributed by atoms with Crippen molar-refractivity contribution in [2.24, 2.45) is 5.73 Å². The molecule has 0 bridgehead atoms. The number of anilines is 1. The van der Waals surface area contributed by atoms with Crippen molar-refractivity contribution in [3.05, 3.63) is 46.9 Å². The van der Waals surface area contributed by atoms with E-state index in [-0.39, 0.29) is 5.69 Å². The van der Waals surface area contributed by atoms with Gasteiger partial charge in [-0.1, -0.05) is 11.6 Å². The van der Waals surface area contributed by atoms with Gasteiger partial charge < -0.3 is 15.2 Å². The molecule has 2 aromatic rings. The molecule has 0 saturated heterocycles. The summed E-state index contributed by atoms with van der Waals surface area (Å²) in [7, 11) is -4.64. The van der Waals surface area contributed by atoms with Crippen LogP contribution in [0.5, 0.6) is 0 Å². The summed E-state index contributed by atoms with van der Waals surface area (Å²) in [6.45, 7) is 0. The largest absolute Gasteiger partial charge is 0.420 e. The van der Waals surface area contributed by atoms with E-state index in [1.807, 2.05) is 0 Å². The Bertz CT molecular complexity index is 1010. The average molecular weight is 425 g/mol. The molecule has 0 saturated carbocycles. The predicted octanol–water partition coefficient (Wildman–Crippen LogP) is 2.19. The highest BCUT2D eigenvalue weighted by Gasteiger charge is 2.32. The summed E-state index contributed by atoms with van der Waals surface area (Å²) >= 11 is 5.65. The van der Waals surface area contributed by atoms with Crippen LogP contribution in [-0.2, 0) is 20.5 Å². The molecule has 0 aromatic carbocycles. The summed E-state index contributed by atoms with van der Waals surface area (Å²) in [5, 5.41) is 0.865. The lowest BCUT2D eigenvalue weighted by molar-refractivity contribution is -0.137. The van der Waals surface area contributed by atoms with Gasteiger partial charge >= 0.3 is 22.4 Å². The van der Waals surface area contributed by atoms with Crippen molar-refractivity contribution >= 4 is 39.4 Å². The van der Waals surface area contributed by atoms with Gasteiger partial charge in [0.1, 0.15) is 5.15 Å². The van der Waals surface area contributed by atoms with Crippen LogP contribution in [0.25, 0.3) is 0 Å². The minimum Gasteiger partial charge on any atom is -0.334 e. The molecule has 9 nitrogen and oxygen atoms in total. The lowest BCUT2D eigenvalue weighted by Gasteiger charge is -2.10. The smallest absolute Gasteiger partial charge is 0.334 e. The predicted molar refractivity (Wildman–Crippen MR) is 84.3 cm³/mol. The van der Waals surface area contributed by atoms with Crippen LogP contribution < -0.4 is 11.1 Å². The molecule has 14 heteroatoms. The molecule has 0 spiro atoms. The molecule has 2 rings (SSSR count). The standard InChI is InChI=1S/C13H8ClF3N4O5S/c14-10-8(3-6(5-20-10)13(15,16)17)11(22)21-7-1-2-19-9(4-7)27(24,25)26-12(18)23/h1-5H,(H2,18,23)(H,19,21,22). The minimum atomic E-state index is -4.75. The first-order valence-electron chi connectivity index (χ1n) is 6.64. The SMILES string of the molecule is NC(=O)OS(=O)(=O)c1cc(NC(=O)c2cc(C(F)(F)F)cnc2Cl)ccn1. The number of aromatic nitrogens is 2. The molecule has 3 N–H and O–H groups in total. The number of alkyl halides is 3. The van der Waals surface area contributed by atoms with Crippen LogP contribution in [0.15, 0.2) is 35.6 Å². The zero-order valence-corrected chi connectivity index (χ0v) is 14.4. The molecule has 0 aliphatic carbocycles. The first-order valence-corrected chi connectivity index (χ1v) is 8.43. The number of nitrogens with two attached hydrogens (primary N) is 1. The molecule has 2 heterocycles. The highest BCUT2D eigenvalue weighted by molar-refractivity contribution is 7.87. The minimum absolute atomic E-state index is 0.185. The van der Waals surface area contributed by atoms with E-state index in [4.69, 9.17) is 11.6 Å². The van der Waals surface area contributed by atoms with Gasteiger partial charge in [0.05, 0.1) is 11.1 Å². The van der Waals surface area contributed by atoms with Crippen molar-refractivity contribution in [2.45, 2.75) is 11.2 Å². The molecule has 0 unspecified atom stereocenters. The molecule has 0 radical (unpaired) electrons. The molecular weight excluding hydrogens is 417 g/mol. The van der Waals surface area contributed by atoms with Crippen molar-refractivity contribution in [3.63, 3.8) is 0 Å². The number of halogens is 4. The highest BCUT2D eigenvalue weighted by Crippen LogP contribution is 2.30. The number of nitrogens with one attached hydrogen (secondary N) is 1. The van der Waals surface area contributed by atoms with Crippen molar-refractivity contribution in [1.82, 2.24) is 9.97 Å². The van der Waals surface area contributed by atoms with E-state index in [1.165, 1.54) is 0 Å². The van der Waals surface area contributed by atoms with Gasteiger partial charge in [-0.25, -0.2) is 14.8 Å². The third-order valence-electron chi connectivity index (χ3n) is 2.85. The molecule has 0 atom stereocenters. The summed E-state index contributed by atoms with van der Waals surface area (Å²) in [6.07, 6.45) is -4.96. The maximum Gasteiger partial charge on any atom is 0.420 e. The van der Waals surface area contributed by atoms with Gasteiger partial charge in [-0.3, -0.25) is 4.79 Å². The topological polar surface area (TPSA) is 141 Å². The Kier molecular flexibility index (Phi) is 5.56. The van der Waals surface area contributed by atoms with Gasteiger partial charge in [0, 0.05) is 24.1 Å². The molecule has 0 aliphatic heterocycles. The maximum absolute atomic E-state index is 12.7. The number of hydrogen-bond acceptors (Lipinski definition) is 7. The van der Waals surface area contributed by atoms with Gasteiger partial charge in [-0.05, 0) is 12.1 Å². The number of amides is 2. The first kappa shape index (κ1) is 20.4. The summed E-state index contributed by atoms with van der Waals surface area (Å²) in [6, 6.07) is 2.42. The monoisotopic (exact) mass is 424 g/mol. The molecule has 0 fully saturated rings. The van der Waals surface area contributed by atoms with Crippen molar-refractivity contribution in [1.29, 1.82) is 0 Å². The first-order chi connectivity index (χ1) is 12.4. The van der Waals surface area contributed by atoms with E-state index in [0.717, 1.165) is 18.3 Å². The fraction of sp³-hybridized carbons (Fsp3) is 0.0769. The van der Waals surface area contributed by atoms with Crippen LogP contribution in [0.3, 0.4) is 0 Å². The summed E-state index contributed by atoms with van der Waals surface area (Å²) in [5.41, 5.74) is 2.64. The van der Waals surface area contributed by atoms with Gasteiger partial charge in [0.15, 0.2) is 5.03 Å². The molecule has 2 amide bonds. The van der Waals surface area contributed by atoms with E-state index >= 15 is 0 Å². The number of carbonyl (C=O) groups is 2. The van der Waals surface area contributed by atoms with E-state index in [0.29, 0.717) is 12.3 Å². The number of primary amides is 1. The third-order valence-corrected chi connectivity index (χ3v) is 4.27. The van der Waals surface area contributed by atoms with E-state index in [2.05, 4.69) is 25.2 Å². The normalized spacial score (nSPS) is 11.7. The van der Waals surface area contributed by atoms with Gasteiger partial charge in [-0.2, -0.15) is 21.6 Å². The third kappa shape index (κ3) is 5.04. The lowest BCUT2D eigenvalue weighted by atomic mass is 10.2. The average Bonchev–Trinajstić information content (AvgIpc) is 2.53. The molecule has 144 valence electrons. The summed E-state index contributed by atoms with van der Waals surface area (Å²) < 4.78 is 65.5. The van der Waals surface area contributed by atoms with E-state index < -0.39 is 49.6 Å². The zero-order chi connectivity index (χ0) is 20.4. The Morgan fingerprint density at radius 1 is 1.22 bits per heavy atom. The lowest BCUT2D eigenvalue weighted by Crippen LogP contribution is -2.20. The number of rotatable bonds is 4. The highest BCUT2D eigenvalue weighted by atomic mass is 35.5. The maximum atomic E-state index is 12.7. The number of hydrogen-bond donors (Lipinski definition) is 2. The second-order valence-corrected chi connectivity index (χ2v) is 6.60.